The van der Waals surface area contributed by atoms with E-state index in [1.54, 1.807) is 18.0 Å². The van der Waals surface area contributed by atoms with Crippen LogP contribution in [-0.4, -0.2) is 47.7 Å². The van der Waals surface area contributed by atoms with Crippen molar-refractivity contribution in [2.75, 3.05) is 38.2 Å². The molecule has 0 amide bonds. The molecule has 1 aromatic heterocycles. The Morgan fingerprint density at radius 3 is 2.46 bits per heavy atom. The minimum absolute atomic E-state index is 0.0215. The lowest BCUT2D eigenvalue weighted by atomic mass is 10.2. The fraction of sp³-hybridized carbons (Fsp3) is 0.300. The van der Waals surface area contributed by atoms with Crippen LogP contribution in [0.15, 0.2) is 59.7 Å². The molecule has 1 fully saturated rings. The van der Waals surface area contributed by atoms with Crippen LogP contribution >= 0.6 is 0 Å². The smallest absolute Gasteiger partial charge is 0.262 e. The first-order chi connectivity index (χ1) is 12.7. The normalized spacial score (nSPS) is 15.3. The summed E-state index contributed by atoms with van der Waals surface area (Å²) in [6.07, 6.45) is 1.65. The highest BCUT2D eigenvalue weighted by molar-refractivity contribution is 5.76. The number of nitrogens with zero attached hydrogens (tertiary/aromatic N) is 4. The summed E-state index contributed by atoms with van der Waals surface area (Å²) in [6, 6.07) is 15.6. The number of para-hydroxylation sites is 1. The molecule has 134 valence electrons. The molecular weight excluding hydrogens is 328 g/mol. The quantitative estimate of drug-likeness (QED) is 0.722. The molecule has 4 rings (SSSR count). The molecule has 0 N–H and O–H groups in total. The number of benzene rings is 2. The third-order valence-electron chi connectivity index (χ3n) is 4.89. The molecule has 0 radical (unpaired) electrons. The molecule has 0 spiro atoms. The number of aromatic nitrogens is 2. The van der Waals surface area contributed by atoms with Crippen molar-refractivity contribution in [2.24, 2.45) is 0 Å². The summed E-state index contributed by atoms with van der Waals surface area (Å²) < 4.78 is 6.92. The van der Waals surface area contributed by atoms with Crippen LogP contribution in [-0.2, 0) is 6.67 Å². The van der Waals surface area contributed by atoms with Crippen molar-refractivity contribution in [2.45, 2.75) is 6.67 Å². The van der Waals surface area contributed by atoms with Gasteiger partial charge in [-0.3, -0.25) is 14.3 Å². The zero-order chi connectivity index (χ0) is 17.9. The molecule has 6 heteroatoms. The Labute approximate surface area is 152 Å². The van der Waals surface area contributed by atoms with Gasteiger partial charge in [-0.25, -0.2) is 4.98 Å². The second-order valence-electron chi connectivity index (χ2n) is 6.48. The van der Waals surface area contributed by atoms with E-state index in [2.05, 4.69) is 26.9 Å². The first-order valence-corrected chi connectivity index (χ1v) is 8.80. The van der Waals surface area contributed by atoms with Crippen molar-refractivity contribution < 1.29 is 4.74 Å². The second-order valence-corrected chi connectivity index (χ2v) is 6.48. The van der Waals surface area contributed by atoms with E-state index in [0.29, 0.717) is 12.1 Å². The van der Waals surface area contributed by atoms with Crippen LogP contribution in [0.1, 0.15) is 0 Å². The standard InChI is InChI=1S/C20H22N4O2/c1-26-17-8-6-16(7-9-17)23-12-10-22(11-13-23)15-24-14-21-19-5-3-2-4-18(19)20(24)25/h2-9,14H,10-13,15H2,1H3. The van der Waals surface area contributed by atoms with E-state index in [1.165, 1.54) is 5.69 Å². The van der Waals surface area contributed by atoms with Crippen LogP contribution in [0.2, 0.25) is 0 Å². The van der Waals surface area contributed by atoms with Gasteiger partial charge in [-0.15, -0.1) is 0 Å². The SMILES string of the molecule is COc1ccc(N2CCN(Cn3cnc4ccccc4c3=O)CC2)cc1. The van der Waals surface area contributed by atoms with E-state index >= 15 is 0 Å². The average molecular weight is 350 g/mol. The van der Waals surface area contributed by atoms with Crippen LogP contribution in [0.25, 0.3) is 10.9 Å². The molecule has 2 heterocycles. The van der Waals surface area contributed by atoms with Gasteiger partial charge in [-0.2, -0.15) is 0 Å². The van der Waals surface area contributed by atoms with E-state index in [4.69, 9.17) is 4.74 Å². The first kappa shape index (κ1) is 16.6. The van der Waals surface area contributed by atoms with Crippen LogP contribution in [0, 0.1) is 0 Å². The number of anilines is 1. The predicted octanol–water partition coefficient (Wildman–Crippen LogP) is 2.18. The van der Waals surface area contributed by atoms with Crippen LogP contribution < -0.4 is 15.2 Å². The van der Waals surface area contributed by atoms with Crippen molar-refractivity contribution in [3.63, 3.8) is 0 Å². The second kappa shape index (κ2) is 7.17. The number of rotatable bonds is 4. The van der Waals surface area contributed by atoms with Gasteiger partial charge < -0.3 is 9.64 Å². The maximum atomic E-state index is 12.6. The molecule has 0 atom stereocenters. The topological polar surface area (TPSA) is 50.6 Å². The van der Waals surface area contributed by atoms with Gasteiger partial charge in [0, 0.05) is 31.9 Å². The summed E-state index contributed by atoms with van der Waals surface area (Å²) in [4.78, 5) is 21.7. The van der Waals surface area contributed by atoms with Gasteiger partial charge in [0.2, 0.25) is 0 Å². The number of hydrogen-bond acceptors (Lipinski definition) is 5. The highest BCUT2D eigenvalue weighted by Gasteiger charge is 2.18. The maximum absolute atomic E-state index is 12.6. The molecule has 0 saturated carbocycles. The maximum Gasteiger partial charge on any atom is 0.262 e. The fourth-order valence-electron chi connectivity index (χ4n) is 3.36. The zero-order valence-corrected chi connectivity index (χ0v) is 14.8. The molecule has 26 heavy (non-hydrogen) atoms. The largest absolute Gasteiger partial charge is 0.497 e. The first-order valence-electron chi connectivity index (χ1n) is 8.80. The van der Waals surface area contributed by atoms with Gasteiger partial charge in [0.15, 0.2) is 0 Å². The number of ether oxygens (including phenoxy) is 1. The van der Waals surface area contributed by atoms with Crippen molar-refractivity contribution in [1.82, 2.24) is 14.5 Å². The molecule has 2 aromatic carbocycles. The minimum atomic E-state index is 0.0215. The molecule has 6 nitrogen and oxygen atoms in total. The summed E-state index contributed by atoms with van der Waals surface area (Å²) >= 11 is 0. The Balaban J connectivity index is 1.42. The number of fused-ring (bicyclic) bond motifs is 1. The number of hydrogen-bond donors (Lipinski definition) is 0. The molecule has 1 saturated heterocycles. The van der Waals surface area contributed by atoms with E-state index in [9.17, 15) is 4.79 Å². The monoisotopic (exact) mass is 350 g/mol. The number of piperazine rings is 1. The Kier molecular flexibility index (Phi) is 4.58. The summed E-state index contributed by atoms with van der Waals surface area (Å²) in [5, 5.41) is 0.673. The lowest BCUT2D eigenvalue weighted by Gasteiger charge is -2.36. The van der Waals surface area contributed by atoms with Crippen LogP contribution in [0.3, 0.4) is 0 Å². The Hall–Kier alpha value is -2.86. The molecular formula is C20H22N4O2. The highest BCUT2D eigenvalue weighted by atomic mass is 16.5. The summed E-state index contributed by atoms with van der Waals surface area (Å²) in [5.41, 5.74) is 1.97. The molecule has 0 aliphatic carbocycles. The van der Waals surface area contributed by atoms with Crippen LogP contribution in [0.5, 0.6) is 5.75 Å². The van der Waals surface area contributed by atoms with Crippen molar-refractivity contribution in [1.29, 1.82) is 0 Å². The minimum Gasteiger partial charge on any atom is -0.497 e. The third-order valence-corrected chi connectivity index (χ3v) is 4.89. The highest BCUT2D eigenvalue weighted by Crippen LogP contribution is 2.20. The van der Waals surface area contributed by atoms with Gasteiger partial charge in [0.1, 0.15) is 5.75 Å². The van der Waals surface area contributed by atoms with Gasteiger partial charge >= 0.3 is 0 Å². The zero-order valence-electron chi connectivity index (χ0n) is 14.8. The molecule has 0 unspecified atom stereocenters. The predicted molar refractivity (Wildman–Crippen MR) is 103 cm³/mol. The van der Waals surface area contributed by atoms with E-state index < -0.39 is 0 Å². The van der Waals surface area contributed by atoms with Crippen molar-refractivity contribution >= 4 is 16.6 Å². The molecule has 3 aromatic rings. The lowest BCUT2D eigenvalue weighted by molar-refractivity contribution is 0.203. The Morgan fingerprint density at radius 1 is 1.00 bits per heavy atom. The van der Waals surface area contributed by atoms with Gasteiger partial charge in [-0.05, 0) is 36.4 Å². The van der Waals surface area contributed by atoms with Gasteiger partial charge in [-0.1, -0.05) is 12.1 Å². The van der Waals surface area contributed by atoms with Crippen LogP contribution in [0.4, 0.5) is 5.69 Å². The number of methoxy groups -OCH3 is 1. The summed E-state index contributed by atoms with van der Waals surface area (Å²) in [5.74, 6) is 0.871. The Bertz CT molecular complexity index is 944. The summed E-state index contributed by atoms with van der Waals surface area (Å²) in [6.45, 7) is 4.26. The fourth-order valence-corrected chi connectivity index (χ4v) is 3.36. The van der Waals surface area contributed by atoms with E-state index in [1.807, 2.05) is 36.4 Å². The molecule has 0 bridgehead atoms. The average Bonchev–Trinajstić information content (AvgIpc) is 2.71. The van der Waals surface area contributed by atoms with Crippen molar-refractivity contribution in [3.8, 4) is 5.75 Å². The van der Waals surface area contributed by atoms with Gasteiger partial charge in [0.05, 0.1) is 31.0 Å². The van der Waals surface area contributed by atoms with E-state index in [-0.39, 0.29) is 5.56 Å². The molecule has 1 aliphatic heterocycles. The van der Waals surface area contributed by atoms with E-state index in [0.717, 1.165) is 37.4 Å². The van der Waals surface area contributed by atoms with Gasteiger partial charge in [0.25, 0.3) is 5.56 Å². The third kappa shape index (κ3) is 3.28. The Morgan fingerprint density at radius 2 is 1.73 bits per heavy atom. The summed E-state index contributed by atoms with van der Waals surface area (Å²) in [7, 11) is 1.68. The van der Waals surface area contributed by atoms with Crippen molar-refractivity contribution in [3.05, 3.63) is 65.2 Å². The lowest BCUT2D eigenvalue weighted by Crippen LogP contribution is -2.47. The molecule has 1 aliphatic rings.